The molecule has 1 atom stereocenters. The van der Waals surface area contributed by atoms with Gasteiger partial charge in [0.1, 0.15) is 11.5 Å². The highest BCUT2D eigenvalue weighted by Crippen LogP contribution is 2.30. The molecule has 108 valence electrons. The Labute approximate surface area is 118 Å². The fraction of sp³-hybridized carbons (Fsp3) is 0.467. The van der Waals surface area contributed by atoms with E-state index in [4.69, 9.17) is 9.47 Å². The third-order valence-corrected chi connectivity index (χ3v) is 3.47. The summed E-state index contributed by atoms with van der Waals surface area (Å²) in [7, 11) is 1.57. The lowest BCUT2D eigenvalue weighted by molar-refractivity contribution is -0.132. The highest BCUT2D eigenvalue weighted by atomic mass is 16.5. The molecule has 2 rings (SSSR count). The summed E-state index contributed by atoms with van der Waals surface area (Å²) in [6.45, 7) is 3.39. The normalized spacial score (nSPS) is 20.9. The average Bonchev–Trinajstić information content (AvgIpc) is 2.35. The number of hydrogen-bond donors (Lipinski definition) is 1. The van der Waals surface area contributed by atoms with Crippen molar-refractivity contribution in [2.75, 3.05) is 7.11 Å². The first-order valence-electron chi connectivity index (χ1n) is 6.58. The molecule has 5 nitrogen and oxygen atoms in total. The number of esters is 1. The molecular weight excluding hydrogens is 258 g/mol. The average molecular weight is 277 g/mol. The number of hydrogen-bond acceptors (Lipinski definition) is 4. The maximum atomic E-state index is 11.2. The maximum absolute atomic E-state index is 11.2. The van der Waals surface area contributed by atoms with E-state index in [9.17, 15) is 9.59 Å². The van der Waals surface area contributed by atoms with Crippen LogP contribution in [0.25, 0.3) is 0 Å². The highest BCUT2D eigenvalue weighted by Gasteiger charge is 2.37. The Kier molecular flexibility index (Phi) is 3.97. The lowest BCUT2D eigenvalue weighted by Crippen LogP contribution is -2.59. The highest BCUT2D eigenvalue weighted by molar-refractivity contribution is 5.84. The summed E-state index contributed by atoms with van der Waals surface area (Å²) in [6.07, 6.45) is 2.08. The second kappa shape index (κ2) is 5.53. The molecule has 0 saturated carbocycles. The van der Waals surface area contributed by atoms with E-state index in [0.717, 1.165) is 18.4 Å². The summed E-state index contributed by atoms with van der Waals surface area (Å²) in [6, 6.07) is 5.43. The van der Waals surface area contributed by atoms with Crippen LogP contribution >= 0.6 is 0 Å². The van der Waals surface area contributed by atoms with E-state index in [1.165, 1.54) is 6.92 Å². The standard InChI is InChI=1S/C15H19NO4/c1-10(17)20-13-8-12(19-3)5-4-11(13)6-7-15(2)9-14(18)16-15/h4-5,8H,6-7,9H2,1-3H3,(H,16,18). The van der Waals surface area contributed by atoms with Crippen molar-refractivity contribution in [1.82, 2.24) is 5.32 Å². The van der Waals surface area contributed by atoms with Gasteiger partial charge in [-0.25, -0.2) is 0 Å². The van der Waals surface area contributed by atoms with Gasteiger partial charge in [0.25, 0.3) is 0 Å². The summed E-state index contributed by atoms with van der Waals surface area (Å²) >= 11 is 0. The topological polar surface area (TPSA) is 64.6 Å². The number of ether oxygens (including phenoxy) is 2. The molecule has 0 radical (unpaired) electrons. The van der Waals surface area contributed by atoms with Gasteiger partial charge in [0, 0.05) is 24.9 Å². The van der Waals surface area contributed by atoms with E-state index < -0.39 is 0 Å². The molecule has 1 aliphatic rings. The molecule has 1 aliphatic heterocycles. The molecule has 0 aliphatic carbocycles. The van der Waals surface area contributed by atoms with E-state index in [-0.39, 0.29) is 17.4 Å². The van der Waals surface area contributed by atoms with E-state index in [1.807, 2.05) is 19.1 Å². The predicted molar refractivity (Wildman–Crippen MR) is 73.8 cm³/mol. The number of amides is 1. The molecule has 1 amide bonds. The molecule has 20 heavy (non-hydrogen) atoms. The van der Waals surface area contributed by atoms with Crippen molar-refractivity contribution in [3.05, 3.63) is 23.8 Å². The molecule has 1 N–H and O–H groups in total. The van der Waals surface area contributed by atoms with Gasteiger partial charge in [-0.2, -0.15) is 0 Å². The molecule has 1 heterocycles. The maximum Gasteiger partial charge on any atom is 0.308 e. The summed E-state index contributed by atoms with van der Waals surface area (Å²) in [4.78, 5) is 22.2. The van der Waals surface area contributed by atoms with Gasteiger partial charge in [-0.1, -0.05) is 6.07 Å². The fourth-order valence-electron chi connectivity index (χ4n) is 2.35. The van der Waals surface area contributed by atoms with Crippen molar-refractivity contribution in [3.63, 3.8) is 0 Å². The first kappa shape index (κ1) is 14.4. The van der Waals surface area contributed by atoms with Gasteiger partial charge in [0.2, 0.25) is 5.91 Å². The van der Waals surface area contributed by atoms with Crippen LogP contribution in [0.4, 0.5) is 0 Å². The molecule has 1 aromatic carbocycles. The van der Waals surface area contributed by atoms with Gasteiger partial charge in [0.15, 0.2) is 0 Å². The molecule has 0 bridgehead atoms. The Morgan fingerprint density at radius 1 is 1.45 bits per heavy atom. The molecule has 0 spiro atoms. The van der Waals surface area contributed by atoms with E-state index >= 15 is 0 Å². The van der Waals surface area contributed by atoms with Crippen LogP contribution in [0.15, 0.2) is 18.2 Å². The van der Waals surface area contributed by atoms with Crippen molar-refractivity contribution in [2.45, 2.75) is 38.6 Å². The molecule has 1 aromatic rings. The zero-order chi connectivity index (χ0) is 14.8. The van der Waals surface area contributed by atoms with Gasteiger partial charge in [-0.3, -0.25) is 9.59 Å². The quantitative estimate of drug-likeness (QED) is 0.506. The fourth-order valence-corrected chi connectivity index (χ4v) is 2.35. The third kappa shape index (κ3) is 3.29. The smallest absolute Gasteiger partial charge is 0.308 e. The molecular formula is C15H19NO4. The number of β-lactam (4-membered cyclic amide) rings is 1. The Bertz CT molecular complexity index is 531. The summed E-state index contributed by atoms with van der Waals surface area (Å²) < 4.78 is 10.4. The minimum absolute atomic E-state index is 0.0856. The van der Waals surface area contributed by atoms with Crippen molar-refractivity contribution < 1.29 is 19.1 Å². The van der Waals surface area contributed by atoms with Crippen molar-refractivity contribution in [2.24, 2.45) is 0 Å². The molecule has 1 unspecified atom stereocenters. The van der Waals surface area contributed by atoms with Crippen LogP contribution in [0.2, 0.25) is 0 Å². The van der Waals surface area contributed by atoms with E-state index in [0.29, 0.717) is 17.9 Å². The van der Waals surface area contributed by atoms with Crippen molar-refractivity contribution >= 4 is 11.9 Å². The van der Waals surface area contributed by atoms with Crippen LogP contribution in [-0.2, 0) is 16.0 Å². The number of benzene rings is 1. The number of carbonyl (C=O) groups is 2. The van der Waals surface area contributed by atoms with Gasteiger partial charge >= 0.3 is 5.97 Å². The zero-order valence-electron chi connectivity index (χ0n) is 12.0. The number of methoxy groups -OCH3 is 1. The summed E-state index contributed by atoms with van der Waals surface area (Å²) in [5.74, 6) is 0.893. The van der Waals surface area contributed by atoms with E-state index in [1.54, 1.807) is 13.2 Å². The van der Waals surface area contributed by atoms with Crippen LogP contribution < -0.4 is 14.8 Å². The first-order chi connectivity index (χ1) is 9.42. The van der Waals surface area contributed by atoms with E-state index in [2.05, 4.69) is 5.32 Å². The van der Waals surface area contributed by atoms with Gasteiger partial charge in [-0.05, 0) is 31.4 Å². The minimum Gasteiger partial charge on any atom is -0.497 e. The van der Waals surface area contributed by atoms with Crippen LogP contribution in [0.5, 0.6) is 11.5 Å². The van der Waals surface area contributed by atoms with Crippen LogP contribution in [-0.4, -0.2) is 24.5 Å². The first-order valence-corrected chi connectivity index (χ1v) is 6.58. The van der Waals surface area contributed by atoms with Gasteiger partial charge in [0.05, 0.1) is 7.11 Å². The Balaban J connectivity index is 2.09. The Hall–Kier alpha value is -2.04. The predicted octanol–water partition coefficient (Wildman–Crippen LogP) is 1.83. The molecule has 1 saturated heterocycles. The van der Waals surface area contributed by atoms with Gasteiger partial charge in [-0.15, -0.1) is 0 Å². The second-order valence-electron chi connectivity index (χ2n) is 5.35. The number of aryl methyl sites for hydroxylation is 1. The Morgan fingerprint density at radius 2 is 2.15 bits per heavy atom. The van der Waals surface area contributed by atoms with Crippen molar-refractivity contribution in [3.8, 4) is 11.5 Å². The SMILES string of the molecule is COc1ccc(CCC2(C)CC(=O)N2)c(OC(C)=O)c1. The number of rotatable bonds is 5. The molecule has 0 aromatic heterocycles. The molecule has 5 heteroatoms. The van der Waals surface area contributed by atoms with Gasteiger partial charge < -0.3 is 14.8 Å². The second-order valence-corrected chi connectivity index (χ2v) is 5.35. The Morgan fingerprint density at radius 3 is 2.70 bits per heavy atom. The lowest BCUT2D eigenvalue weighted by atomic mass is 9.83. The van der Waals surface area contributed by atoms with Crippen LogP contribution in [0, 0.1) is 0 Å². The third-order valence-electron chi connectivity index (χ3n) is 3.47. The lowest BCUT2D eigenvalue weighted by Gasteiger charge is -2.39. The largest absolute Gasteiger partial charge is 0.497 e. The van der Waals surface area contributed by atoms with Crippen LogP contribution in [0.1, 0.15) is 32.3 Å². The monoisotopic (exact) mass is 277 g/mol. The minimum atomic E-state index is -0.359. The number of nitrogens with one attached hydrogen (secondary N) is 1. The summed E-state index contributed by atoms with van der Waals surface area (Å²) in [5.41, 5.74) is 0.785. The number of carbonyl (C=O) groups excluding carboxylic acids is 2. The van der Waals surface area contributed by atoms with Crippen LogP contribution in [0.3, 0.4) is 0 Å². The van der Waals surface area contributed by atoms with Crippen molar-refractivity contribution in [1.29, 1.82) is 0 Å². The summed E-state index contributed by atoms with van der Waals surface area (Å²) in [5, 5.41) is 2.90. The molecule has 1 fully saturated rings. The zero-order valence-corrected chi connectivity index (χ0v) is 12.0.